The summed E-state index contributed by atoms with van der Waals surface area (Å²) in [6.45, 7) is 9.32. The average Bonchev–Trinajstić information content (AvgIpc) is 3.40. The highest BCUT2D eigenvalue weighted by Gasteiger charge is 2.32. The van der Waals surface area contributed by atoms with E-state index in [-0.39, 0.29) is 23.3 Å². The number of carbonyl (C=O) groups excluding carboxylic acids is 2. The van der Waals surface area contributed by atoms with Gasteiger partial charge in [-0.15, -0.1) is 0 Å². The molecule has 2 aliphatic heterocycles. The molecule has 1 N–H and O–H groups in total. The number of benzene rings is 2. The van der Waals surface area contributed by atoms with Crippen molar-refractivity contribution in [1.82, 2.24) is 24.3 Å². The smallest absolute Gasteiger partial charge is 0.335 e. The van der Waals surface area contributed by atoms with E-state index in [2.05, 4.69) is 34.8 Å². The monoisotopic (exact) mass is 543 g/mol. The van der Waals surface area contributed by atoms with Crippen molar-refractivity contribution in [3.8, 4) is 11.4 Å². The van der Waals surface area contributed by atoms with Gasteiger partial charge in [0.25, 0.3) is 5.91 Å². The fraction of sp³-hybridized carbons (Fsp3) is 0.419. The Balaban J connectivity index is 1.53. The van der Waals surface area contributed by atoms with Gasteiger partial charge in [0, 0.05) is 70.5 Å². The summed E-state index contributed by atoms with van der Waals surface area (Å²) in [6.07, 6.45) is 3.28. The predicted molar refractivity (Wildman–Crippen MR) is 153 cm³/mol. The molecule has 1 saturated heterocycles. The number of imidazole rings is 1. The topological polar surface area (TPSA) is 99.0 Å². The molecule has 2 aliphatic rings. The number of aromatic nitrogens is 2. The summed E-state index contributed by atoms with van der Waals surface area (Å²) in [6, 6.07) is 12.8. The Morgan fingerprint density at radius 2 is 1.73 bits per heavy atom. The summed E-state index contributed by atoms with van der Waals surface area (Å²) in [5.41, 5.74) is 3.54. The highest BCUT2D eigenvalue weighted by Crippen LogP contribution is 2.31. The number of piperazine rings is 1. The van der Waals surface area contributed by atoms with Gasteiger partial charge >= 0.3 is 5.97 Å². The quantitative estimate of drug-likeness (QED) is 0.433. The molecular weight excluding hydrogens is 506 g/mol. The van der Waals surface area contributed by atoms with Crippen LogP contribution in [0.15, 0.2) is 48.7 Å². The predicted octanol–water partition coefficient (Wildman–Crippen LogP) is 3.68. The van der Waals surface area contributed by atoms with Crippen molar-refractivity contribution in [3.05, 3.63) is 76.6 Å². The van der Waals surface area contributed by atoms with Gasteiger partial charge in [-0.1, -0.05) is 31.2 Å². The van der Waals surface area contributed by atoms with E-state index in [4.69, 9.17) is 0 Å². The van der Waals surface area contributed by atoms with Crippen molar-refractivity contribution >= 4 is 17.7 Å². The highest BCUT2D eigenvalue weighted by molar-refractivity contribution is 6.03. The van der Waals surface area contributed by atoms with Crippen molar-refractivity contribution in [2.75, 3.05) is 39.8 Å². The molecule has 0 bridgehead atoms. The molecule has 210 valence electrons. The standard InChI is InChI=1S/C31H37N5O4/c1-4-25-17-22-7-5-6-8-24(22)19-36(25)30(38)27-18-23(31(39)40)9-10-26(27)29-32-28(21(2)37)20-35(29)16-15-34-13-11-33(3)12-14-34/h5-10,18,20,25H,4,11-17,19H2,1-3H3,(H,39,40)/t25-/m1/s1. The van der Waals surface area contributed by atoms with Crippen LogP contribution in [0.4, 0.5) is 0 Å². The number of nitrogens with zero attached hydrogens (tertiary/aromatic N) is 5. The SMILES string of the molecule is CC[C@@H]1Cc2ccccc2CN1C(=O)c1cc(C(=O)O)ccc1-c1nc(C(C)=O)cn1CCN1CCN(C)CC1. The molecule has 0 aliphatic carbocycles. The van der Waals surface area contributed by atoms with E-state index in [1.807, 2.05) is 27.7 Å². The molecule has 5 rings (SSSR count). The number of carboxylic acid groups (broad SMARTS) is 1. The molecule has 40 heavy (non-hydrogen) atoms. The van der Waals surface area contributed by atoms with Gasteiger partial charge in [0.15, 0.2) is 5.78 Å². The molecule has 9 heteroatoms. The lowest BCUT2D eigenvalue weighted by Crippen LogP contribution is -2.45. The Morgan fingerprint density at radius 1 is 1.00 bits per heavy atom. The van der Waals surface area contributed by atoms with Crippen LogP contribution in [0.3, 0.4) is 0 Å². The maximum atomic E-state index is 14.3. The minimum Gasteiger partial charge on any atom is -0.478 e. The van der Waals surface area contributed by atoms with Crippen molar-refractivity contribution in [2.24, 2.45) is 0 Å². The third kappa shape index (κ3) is 5.71. The lowest BCUT2D eigenvalue weighted by atomic mass is 9.91. The first-order valence-corrected chi connectivity index (χ1v) is 14.0. The number of fused-ring (bicyclic) bond motifs is 1. The molecule has 0 unspecified atom stereocenters. The van der Waals surface area contributed by atoms with Crippen molar-refractivity contribution in [1.29, 1.82) is 0 Å². The van der Waals surface area contributed by atoms with Gasteiger partial charge in [0.05, 0.1) is 11.1 Å². The number of ketones is 1. The van der Waals surface area contributed by atoms with Crippen molar-refractivity contribution in [2.45, 2.75) is 45.8 Å². The molecule has 3 aromatic rings. The summed E-state index contributed by atoms with van der Waals surface area (Å²) < 4.78 is 1.93. The summed E-state index contributed by atoms with van der Waals surface area (Å²) >= 11 is 0. The molecule has 0 saturated carbocycles. The van der Waals surface area contributed by atoms with Gasteiger partial charge in [0.1, 0.15) is 11.5 Å². The number of hydrogen-bond acceptors (Lipinski definition) is 6. The average molecular weight is 544 g/mol. The third-order valence-corrected chi connectivity index (χ3v) is 8.22. The van der Waals surface area contributed by atoms with Crippen LogP contribution in [0.2, 0.25) is 0 Å². The molecule has 1 aromatic heterocycles. The number of carbonyl (C=O) groups is 3. The molecule has 2 aromatic carbocycles. The van der Waals surface area contributed by atoms with E-state index in [0.29, 0.717) is 35.7 Å². The lowest BCUT2D eigenvalue weighted by molar-refractivity contribution is 0.0635. The number of likely N-dealkylation sites (N-methyl/N-ethyl adjacent to an activating group) is 1. The van der Waals surface area contributed by atoms with Crippen LogP contribution in [-0.4, -0.2) is 92.8 Å². The minimum atomic E-state index is -1.10. The normalized spacial score (nSPS) is 18.0. The number of carboxylic acids is 1. The van der Waals surface area contributed by atoms with Crippen LogP contribution in [-0.2, 0) is 19.5 Å². The number of Topliss-reactive ketones (excluding diaryl/α,β-unsaturated/α-hetero) is 1. The number of rotatable bonds is 8. The highest BCUT2D eigenvalue weighted by atomic mass is 16.4. The molecule has 9 nitrogen and oxygen atoms in total. The zero-order chi connectivity index (χ0) is 28.4. The Bertz CT molecular complexity index is 1420. The fourth-order valence-electron chi connectivity index (χ4n) is 5.69. The molecule has 1 amide bonds. The molecule has 0 spiro atoms. The lowest BCUT2D eigenvalue weighted by Gasteiger charge is -2.37. The zero-order valence-electron chi connectivity index (χ0n) is 23.5. The third-order valence-electron chi connectivity index (χ3n) is 8.22. The first-order valence-electron chi connectivity index (χ1n) is 14.0. The Morgan fingerprint density at radius 3 is 2.40 bits per heavy atom. The Hall–Kier alpha value is -3.82. The molecule has 3 heterocycles. The van der Waals surface area contributed by atoms with E-state index in [1.54, 1.807) is 12.3 Å². The van der Waals surface area contributed by atoms with Crippen LogP contribution in [0, 0.1) is 0 Å². The van der Waals surface area contributed by atoms with Gasteiger partial charge in [0.2, 0.25) is 0 Å². The summed E-state index contributed by atoms with van der Waals surface area (Å²) in [5.74, 6) is -0.977. The summed E-state index contributed by atoms with van der Waals surface area (Å²) in [4.78, 5) is 49.8. The second-order valence-electron chi connectivity index (χ2n) is 10.9. The summed E-state index contributed by atoms with van der Waals surface area (Å²) in [7, 11) is 2.12. The maximum absolute atomic E-state index is 14.3. The van der Waals surface area contributed by atoms with Gasteiger partial charge < -0.3 is 19.5 Å². The Labute approximate surface area is 235 Å². The second-order valence-corrected chi connectivity index (χ2v) is 10.9. The molecular formula is C31H37N5O4. The minimum absolute atomic E-state index is 0.00603. The van der Waals surface area contributed by atoms with Crippen LogP contribution in [0.25, 0.3) is 11.4 Å². The van der Waals surface area contributed by atoms with E-state index >= 15 is 0 Å². The van der Waals surface area contributed by atoms with Crippen LogP contribution >= 0.6 is 0 Å². The van der Waals surface area contributed by atoms with Gasteiger partial charge in [-0.2, -0.15) is 0 Å². The molecule has 1 atom stereocenters. The molecule has 1 fully saturated rings. The van der Waals surface area contributed by atoms with E-state index < -0.39 is 5.97 Å². The number of amides is 1. The first-order chi connectivity index (χ1) is 19.2. The van der Waals surface area contributed by atoms with E-state index in [1.165, 1.54) is 24.6 Å². The van der Waals surface area contributed by atoms with Crippen LogP contribution < -0.4 is 0 Å². The Kier molecular flexibility index (Phi) is 8.14. The van der Waals surface area contributed by atoms with E-state index in [9.17, 15) is 19.5 Å². The van der Waals surface area contributed by atoms with Crippen molar-refractivity contribution in [3.63, 3.8) is 0 Å². The van der Waals surface area contributed by atoms with Gasteiger partial charge in [-0.3, -0.25) is 14.5 Å². The maximum Gasteiger partial charge on any atom is 0.335 e. The number of hydrogen-bond donors (Lipinski definition) is 1. The van der Waals surface area contributed by atoms with Crippen LogP contribution in [0.5, 0.6) is 0 Å². The van der Waals surface area contributed by atoms with Gasteiger partial charge in [-0.25, -0.2) is 9.78 Å². The summed E-state index contributed by atoms with van der Waals surface area (Å²) in [5, 5.41) is 9.77. The zero-order valence-corrected chi connectivity index (χ0v) is 23.5. The van der Waals surface area contributed by atoms with Crippen molar-refractivity contribution < 1.29 is 19.5 Å². The first kappa shape index (κ1) is 27.7. The number of aromatic carboxylic acids is 1. The van der Waals surface area contributed by atoms with Gasteiger partial charge in [-0.05, 0) is 49.2 Å². The largest absolute Gasteiger partial charge is 0.478 e. The van der Waals surface area contributed by atoms with Crippen LogP contribution in [0.1, 0.15) is 62.6 Å². The molecule has 0 radical (unpaired) electrons. The van der Waals surface area contributed by atoms with E-state index in [0.717, 1.165) is 51.1 Å². The second kappa shape index (κ2) is 11.7. The fourth-order valence-corrected chi connectivity index (χ4v) is 5.69.